The number of amides is 1. The smallest absolute Gasteiger partial charge is 0.345 e. The van der Waals surface area contributed by atoms with Crippen molar-refractivity contribution in [2.75, 3.05) is 66.2 Å². The van der Waals surface area contributed by atoms with Gasteiger partial charge in [-0.3, -0.25) is 61.6 Å². The predicted octanol–water partition coefficient (Wildman–Crippen LogP) is 5.70. The first-order valence-electron chi connectivity index (χ1n) is 30.4. The molecule has 1 aliphatic heterocycles. The Bertz CT molecular complexity index is 3520. The quantitative estimate of drug-likeness (QED) is 0.0198. The van der Waals surface area contributed by atoms with Crippen LogP contribution in [0.2, 0.25) is 0 Å². The Kier molecular flexibility index (Phi) is 43.6. The van der Waals surface area contributed by atoms with Gasteiger partial charge in [-0.1, -0.05) is 12.1 Å². The molecule has 0 bridgehead atoms. The van der Waals surface area contributed by atoms with Crippen LogP contribution in [0, 0.1) is 54.4 Å². The molecule has 0 radical (unpaired) electrons. The van der Waals surface area contributed by atoms with Gasteiger partial charge in [-0.05, 0) is 134 Å². The number of halogens is 1. The lowest BCUT2D eigenvalue weighted by Gasteiger charge is -2.10. The van der Waals surface area contributed by atoms with Crippen LogP contribution < -0.4 is 15.6 Å². The van der Waals surface area contributed by atoms with Crippen LogP contribution in [0.1, 0.15) is 146 Å². The van der Waals surface area contributed by atoms with Crippen molar-refractivity contribution in [2.24, 2.45) is 34.1 Å². The summed E-state index contributed by atoms with van der Waals surface area (Å²) in [5.41, 5.74) is 9.91. The number of benzene rings is 1. The molecule has 0 spiro atoms. The summed E-state index contributed by atoms with van der Waals surface area (Å²) in [5.74, 6) is -5.05. The van der Waals surface area contributed by atoms with Crippen molar-refractivity contribution >= 4 is 75.2 Å². The molecular weight excluding hydrogens is 1310 g/mol. The zero-order valence-electron chi connectivity index (χ0n) is 59.8. The molecule has 1 aliphatic rings. The van der Waals surface area contributed by atoms with E-state index in [1.54, 1.807) is 97.4 Å². The molecule has 0 unspecified atom stereocenters. The normalized spacial score (nSPS) is 10.9. The Balaban J connectivity index is 0. The van der Waals surface area contributed by atoms with E-state index < -0.39 is 63.2 Å². The highest BCUT2D eigenvalue weighted by atomic mass is 35.5. The number of aromatic amines is 1. The molecule has 0 saturated carbocycles. The van der Waals surface area contributed by atoms with E-state index in [-0.39, 0.29) is 75.7 Å². The van der Waals surface area contributed by atoms with Crippen molar-refractivity contribution in [2.45, 2.75) is 136 Å². The highest BCUT2D eigenvalue weighted by molar-refractivity contribution is 7.85. The number of alkyl halides is 1. The van der Waals surface area contributed by atoms with Gasteiger partial charge in [-0.15, -0.1) is 11.6 Å². The fourth-order valence-electron chi connectivity index (χ4n) is 7.77. The van der Waals surface area contributed by atoms with Crippen LogP contribution in [0.15, 0.2) is 40.2 Å². The second-order valence-electron chi connectivity index (χ2n) is 20.1. The molecule has 5 heterocycles. The van der Waals surface area contributed by atoms with Gasteiger partial charge in [0.25, 0.3) is 21.6 Å². The van der Waals surface area contributed by atoms with Crippen LogP contribution in [-0.2, 0) is 128 Å². The van der Waals surface area contributed by atoms with Gasteiger partial charge in [-0.25, -0.2) is 14.4 Å². The number of nitrogens with one attached hydrogen (secondary N) is 2. The highest BCUT2D eigenvalue weighted by Crippen LogP contribution is 2.17. The van der Waals surface area contributed by atoms with E-state index in [0.29, 0.717) is 36.9 Å². The summed E-state index contributed by atoms with van der Waals surface area (Å²) < 4.78 is 70.4. The van der Waals surface area contributed by atoms with Crippen LogP contribution >= 0.6 is 11.6 Å². The van der Waals surface area contributed by atoms with Gasteiger partial charge in [0.2, 0.25) is 5.92 Å². The minimum atomic E-state index is -3.38. The third-order valence-electron chi connectivity index (χ3n) is 13.0. The van der Waals surface area contributed by atoms with Crippen molar-refractivity contribution in [1.29, 1.82) is 0 Å². The molecule has 31 nitrogen and oxygen atoms in total. The van der Waals surface area contributed by atoms with Gasteiger partial charge in [0.15, 0.2) is 5.78 Å². The van der Waals surface area contributed by atoms with E-state index in [9.17, 15) is 56.4 Å². The number of aromatic nitrogens is 8. The summed E-state index contributed by atoms with van der Waals surface area (Å²) in [7, 11) is 5.43. The lowest BCUT2D eigenvalue weighted by Crippen LogP contribution is -2.33. The summed E-state index contributed by atoms with van der Waals surface area (Å²) in [5, 5.41) is 26.3. The zero-order valence-corrected chi connectivity index (χ0v) is 61.4. The Morgan fingerprint density at radius 2 is 1.00 bits per heavy atom. The molecule has 0 fully saturated rings. The number of aliphatic hydroxyl groups is 1. The molecular formula is C64H98ClN9O22S. The summed E-state index contributed by atoms with van der Waals surface area (Å²) in [6.45, 7) is 29.9. The number of H-pyrrole nitrogens is 1. The van der Waals surface area contributed by atoms with Gasteiger partial charge in [0.1, 0.15) is 28.9 Å². The Morgan fingerprint density at radius 3 is 1.31 bits per heavy atom. The van der Waals surface area contributed by atoms with Crippen LogP contribution in [0.25, 0.3) is 0 Å². The number of Topliss-reactive ketones (excluding diaryl/α,β-unsaturated/α-hetero) is 1. The number of aliphatic hydroxyl groups excluding tert-OH is 1. The number of hydrogen-bond acceptors (Lipinski definition) is 25. The number of hydrogen-bond donors (Lipinski definition) is 3. The molecule has 0 saturated heterocycles. The summed E-state index contributed by atoms with van der Waals surface area (Å²) in [6, 6.07) is 7.70. The zero-order chi connectivity index (χ0) is 75.0. The summed E-state index contributed by atoms with van der Waals surface area (Å²) in [4.78, 5) is 111. The lowest BCUT2D eigenvalue weighted by atomic mass is 10.1. The number of aryl methyl sites for hydroxylation is 7. The Labute approximate surface area is 571 Å². The SMILES string of the molecule is CCOC(=O)C(C(C)=O)C(=O)OCC.CCOC(=O)C1=C(C)CNC1=O.CCOC(=O)CC(=O)OCC.CCOC(=O)c1c(C)n(C)[nH]c1=O.CCOC(=O)c1c(C)nn(C)c1C.COc1ccc(CCl)cc1.Cc1nn(C)c(C)c1CO.Cc1nn(C)c(C)c1COS(C)(=O)=O. The third kappa shape index (κ3) is 32.5. The van der Waals surface area contributed by atoms with Gasteiger partial charge >= 0.3 is 41.8 Å². The van der Waals surface area contributed by atoms with E-state index >= 15 is 0 Å². The molecule has 544 valence electrons. The molecule has 0 atom stereocenters. The average molecular weight is 1410 g/mol. The first-order valence-corrected chi connectivity index (χ1v) is 32.8. The molecule has 97 heavy (non-hydrogen) atoms. The molecule has 5 aromatic rings. The van der Waals surface area contributed by atoms with Gasteiger partial charge in [-0.2, -0.15) is 23.7 Å². The predicted molar refractivity (Wildman–Crippen MR) is 356 cm³/mol. The van der Waals surface area contributed by atoms with Crippen molar-refractivity contribution in [1.82, 2.24) is 44.4 Å². The molecule has 6 rings (SSSR count). The van der Waals surface area contributed by atoms with E-state index in [2.05, 4.69) is 44.7 Å². The fourth-order valence-corrected chi connectivity index (χ4v) is 8.28. The number of carbonyl (C=O) groups excluding carboxylic acids is 9. The van der Waals surface area contributed by atoms with E-state index in [1.807, 2.05) is 80.0 Å². The van der Waals surface area contributed by atoms with Crippen LogP contribution in [0.3, 0.4) is 0 Å². The molecule has 33 heteroatoms. The van der Waals surface area contributed by atoms with Crippen molar-refractivity contribution in [3.8, 4) is 5.75 Å². The van der Waals surface area contributed by atoms with Gasteiger partial charge < -0.3 is 48.3 Å². The maximum absolute atomic E-state index is 11.4. The number of carbonyl (C=O) groups is 9. The van der Waals surface area contributed by atoms with Crippen LogP contribution in [0.5, 0.6) is 5.75 Å². The number of esters is 7. The number of ether oxygens (including phenoxy) is 8. The minimum Gasteiger partial charge on any atom is -0.497 e. The number of ketones is 1. The standard InChI is InChI=1S/C9H14N2O2.C9H14O5.C8H9ClO.C8H14N2O3S.C8H12N2O3.C8H11NO3.C7H12N2O.C7H12O4/c1-5-13-9(12)8-6(2)10-11(4)7(8)3;1-4-13-8(11)7(6(3)10)9(12)14-5-2;1-10-8-4-2-7(6-9)3-5-8;1-6-8(5-13-14(4,11)12)7(2)10(3)9-6;1-4-13-8(12)6-5(2)10(3)9-7(6)11;1-3-12-8(11)6-5(2)4-9-7(6)10;1-5-7(4-10)6(2)9(3)8-5;1-3-10-6(8)5-7(9)11-4-2/h5H2,1-4H3;7H,4-5H2,1-3H3;2-5H,6H2,1H3;5H2,1-4H3;4H2,1-3H3,(H,9,11);3-4H2,1-2H3,(H,9,10);10H,4H2,1-3H3;3-5H2,1-2H3. The van der Waals surface area contributed by atoms with Gasteiger partial charge in [0.05, 0.1) is 95.6 Å². The topological polar surface area (TPSA) is 394 Å². The molecule has 0 aliphatic carbocycles. The summed E-state index contributed by atoms with van der Waals surface area (Å²) in [6.07, 6.45) is 0.746. The largest absolute Gasteiger partial charge is 0.497 e. The average Bonchev–Trinajstić information content (AvgIpc) is 2.19. The fraction of sp³-hybridized carbons (Fsp3) is 0.547. The first-order chi connectivity index (χ1) is 45.4. The molecule has 3 N–H and O–H groups in total. The van der Waals surface area contributed by atoms with Crippen LogP contribution in [-0.4, -0.2) is 172 Å². The Morgan fingerprint density at radius 1 is 0.588 bits per heavy atom. The number of nitrogens with zero attached hydrogens (tertiary/aromatic N) is 7. The van der Waals surface area contributed by atoms with Crippen molar-refractivity contribution < 1.29 is 98.8 Å². The van der Waals surface area contributed by atoms with E-state index in [0.717, 1.165) is 75.4 Å². The van der Waals surface area contributed by atoms with Crippen molar-refractivity contribution in [3.63, 3.8) is 0 Å². The first kappa shape index (κ1) is 90.0. The third-order valence-corrected chi connectivity index (χ3v) is 13.9. The lowest BCUT2D eigenvalue weighted by molar-refractivity contribution is -0.164. The second-order valence-corrected chi connectivity index (χ2v) is 22.0. The monoisotopic (exact) mass is 1410 g/mol. The molecule has 1 aromatic carbocycles. The summed E-state index contributed by atoms with van der Waals surface area (Å²) >= 11 is 5.58. The van der Waals surface area contributed by atoms with Crippen molar-refractivity contribution in [3.05, 3.63) is 113 Å². The number of rotatable bonds is 21. The maximum atomic E-state index is 11.4. The van der Waals surface area contributed by atoms with Gasteiger partial charge in [0, 0.05) is 68.8 Å². The second kappa shape index (κ2) is 47.0. The van der Waals surface area contributed by atoms with E-state index in [4.69, 9.17) is 39.8 Å². The minimum absolute atomic E-state index is 0.0599. The number of methoxy groups -OCH3 is 1. The molecule has 1 amide bonds. The van der Waals surface area contributed by atoms with E-state index in [1.165, 1.54) is 4.68 Å². The maximum Gasteiger partial charge on any atom is 0.345 e. The van der Waals surface area contributed by atoms with Crippen LogP contribution in [0.4, 0.5) is 0 Å². The molecule has 4 aromatic heterocycles. The highest BCUT2D eigenvalue weighted by Gasteiger charge is 2.34. The Hall–Kier alpha value is -9.01.